The molecule has 0 aliphatic carbocycles. The topological polar surface area (TPSA) is 29.1 Å². The summed E-state index contributed by atoms with van der Waals surface area (Å²) in [6.07, 6.45) is 3.19. The fourth-order valence-corrected chi connectivity index (χ4v) is 3.57. The van der Waals surface area contributed by atoms with Crippen molar-refractivity contribution in [1.82, 2.24) is 5.32 Å². The summed E-state index contributed by atoms with van der Waals surface area (Å²) in [6.45, 7) is 0.787. The molecule has 2 atom stereocenters. The standard InChI is InChI=1S/C14H19NOS2/c16-14(15-10-12-7-4-8-18-12)13(17)9-11-5-2-1-3-6-11/h1-3,5-6,12-13,17H,4,7-10H2,(H,15,16). The van der Waals surface area contributed by atoms with Crippen molar-refractivity contribution in [1.29, 1.82) is 0 Å². The molecule has 1 aromatic carbocycles. The first kappa shape index (κ1) is 13.8. The number of carbonyl (C=O) groups excluding carboxylic acids is 1. The van der Waals surface area contributed by atoms with Gasteiger partial charge in [0.25, 0.3) is 0 Å². The summed E-state index contributed by atoms with van der Waals surface area (Å²) in [5.74, 6) is 1.28. The number of carbonyl (C=O) groups is 1. The molecule has 0 saturated carbocycles. The first-order chi connectivity index (χ1) is 8.75. The molecule has 0 aromatic heterocycles. The van der Waals surface area contributed by atoms with Gasteiger partial charge in [0.15, 0.2) is 0 Å². The molecule has 1 amide bonds. The van der Waals surface area contributed by atoms with Crippen molar-refractivity contribution in [3.05, 3.63) is 35.9 Å². The zero-order valence-corrected chi connectivity index (χ0v) is 12.1. The van der Waals surface area contributed by atoms with E-state index in [9.17, 15) is 4.79 Å². The van der Waals surface area contributed by atoms with Crippen LogP contribution in [-0.4, -0.2) is 28.7 Å². The number of hydrogen-bond donors (Lipinski definition) is 2. The van der Waals surface area contributed by atoms with Gasteiger partial charge < -0.3 is 5.32 Å². The summed E-state index contributed by atoms with van der Waals surface area (Å²) in [5, 5.41) is 3.36. The Balaban J connectivity index is 1.74. The lowest BCUT2D eigenvalue weighted by Crippen LogP contribution is -2.36. The second-order valence-electron chi connectivity index (χ2n) is 4.59. The average molecular weight is 281 g/mol. The van der Waals surface area contributed by atoms with E-state index in [1.54, 1.807) is 0 Å². The van der Waals surface area contributed by atoms with Crippen LogP contribution in [0.1, 0.15) is 18.4 Å². The number of amides is 1. The van der Waals surface area contributed by atoms with Crippen LogP contribution in [0.5, 0.6) is 0 Å². The fourth-order valence-electron chi connectivity index (χ4n) is 2.07. The maximum Gasteiger partial charge on any atom is 0.233 e. The third kappa shape index (κ3) is 4.25. The van der Waals surface area contributed by atoms with Gasteiger partial charge in [-0.3, -0.25) is 4.79 Å². The highest BCUT2D eigenvalue weighted by Crippen LogP contribution is 2.25. The molecule has 1 heterocycles. The number of benzene rings is 1. The summed E-state index contributed by atoms with van der Waals surface area (Å²) >= 11 is 6.35. The molecule has 0 spiro atoms. The Bertz CT molecular complexity index is 377. The van der Waals surface area contributed by atoms with E-state index < -0.39 is 0 Å². The van der Waals surface area contributed by atoms with Crippen LogP contribution in [0.3, 0.4) is 0 Å². The summed E-state index contributed by atoms with van der Waals surface area (Å²) in [6, 6.07) is 10.0. The molecule has 0 bridgehead atoms. The SMILES string of the molecule is O=C(NCC1CCCS1)C(S)Cc1ccccc1. The van der Waals surface area contributed by atoms with E-state index in [1.165, 1.54) is 18.6 Å². The Labute approximate surface area is 118 Å². The lowest BCUT2D eigenvalue weighted by atomic mass is 10.1. The Kier molecular flexibility index (Phi) is 5.45. The molecule has 2 nitrogen and oxygen atoms in total. The summed E-state index contributed by atoms with van der Waals surface area (Å²) in [5.41, 5.74) is 1.16. The van der Waals surface area contributed by atoms with E-state index >= 15 is 0 Å². The smallest absolute Gasteiger partial charge is 0.233 e. The summed E-state index contributed by atoms with van der Waals surface area (Å²) in [4.78, 5) is 11.9. The van der Waals surface area contributed by atoms with Crippen molar-refractivity contribution in [3.8, 4) is 0 Å². The molecule has 4 heteroatoms. The Hall–Kier alpha value is -0.610. The Morgan fingerprint density at radius 1 is 1.44 bits per heavy atom. The van der Waals surface area contributed by atoms with Gasteiger partial charge >= 0.3 is 0 Å². The quantitative estimate of drug-likeness (QED) is 0.812. The van der Waals surface area contributed by atoms with Crippen molar-refractivity contribution < 1.29 is 4.79 Å². The lowest BCUT2D eigenvalue weighted by Gasteiger charge is -2.14. The van der Waals surface area contributed by atoms with Gasteiger partial charge in [-0.25, -0.2) is 0 Å². The molecule has 18 heavy (non-hydrogen) atoms. The van der Waals surface area contributed by atoms with E-state index in [0.29, 0.717) is 11.7 Å². The first-order valence-electron chi connectivity index (χ1n) is 6.37. The van der Waals surface area contributed by atoms with Crippen LogP contribution in [-0.2, 0) is 11.2 Å². The van der Waals surface area contributed by atoms with Crippen molar-refractivity contribution in [2.75, 3.05) is 12.3 Å². The molecule has 0 radical (unpaired) electrons. The highest BCUT2D eigenvalue weighted by Gasteiger charge is 2.19. The normalized spacial score (nSPS) is 20.6. The number of thioether (sulfide) groups is 1. The Morgan fingerprint density at radius 2 is 2.22 bits per heavy atom. The molecule has 1 aliphatic rings. The monoisotopic (exact) mass is 281 g/mol. The molecule has 1 aliphatic heterocycles. The summed E-state index contributed by atoms with van der Waals surface area (Å²) < 4.78 is 0. The maximum absolute atomic E-state index is 11.9. The fraction of sp³-hybridized carbons (Fsp3) is 0.500. The van der Waals surface area contributed by atoms with E-state index in [4.69, 9.17) is 0 Å². The predicted octanol–water partition coefficient (Wildman–Crippen LogP) is 2.54. The van der Waals surface area contributed by atoms with Crippen LogP contribution in [0.25, 0.3) is 0 Å². The van der Waals surface area contributed by atoms with Gasteiger partial charge in [-0.15, -0.1) is 0 Å². The van der Waals surface area contributed by atoms with Gasteiger partial charge in [0.1, 0.15) is 0 Å². The van der Waals surface area contributed by atoms with Crippen LogP contribution in [0.2, 0.25) is 0 Å². The van der Waals surface area contributed by atoms with E-state index in [-0.39, 0.29) is 11.2 Å². The molecule has 1 fully saturated rings. The third-order valence-electron chi connectivity index (χ3n) is 3.10. The van der Waals surface area contributed by atoms with Crippen molar-refractivity contribution in [2.24, 2.45) is 0 Å². The largest absolute Gasteiger partial charge is 0.354 e. The van der Waals surface area contributed by atoms with Crippen LogP contribution in [0, 0.1) is 0 Å². The molecule has 2 unspecified atom stereocenters. The van der Waals surface area contributed by atoms with Crippen LogP contribution in [0.15, 0.2) is 30.3 Å². The van der Waals surface area contributed by atoms with Crippen LogP contribution in [0.4, 0.5) is 0 Å². The van der Waals surface area contributed by atoms with E-state index in [0.717, 1.165) is 12.1 Å². The van der Waals surface area contributed by atoms with E-state index in [2.05, 4.69) is 17.9 Å². The molecule has 98 valence electrons. The molecule has 1 saturated heterocycles. The first-order valence-corrected chi connectivity index (χ1v) is 7.93. The number of rotatable bonds is 5. The molecular weight excluding hydrogens is 262 g/mol. The minimum absolute atomic E-state index is 0.0506. The van der Waals surface area contributed by atoms with Crippen molar-refractivity contribution in [3.63, 3.8) is 0 Å². The highest BCUT2D eigenvalue weighted by molar-refractivity contribution is 8.00. The highest BCUT2D eigenvalue weighted by atomic mass is 32.2. The molecular formula is C14H19NOS2. The zero-order chi connectivity index (χ0) is 12.8. The second-order valence-corrected chi connectivity index (χ2v) is 6.62. The third-order valence-corrected chi connectivity index (χ3v) is 4.92. The zero-order valence-electron chi connectivity index (χ0n) is 10.3. The Morgan fingerprint density at radius 3 is 2.89 bits per heavy atom. The maximum atomic E-state index is 11.9. The van der Waals surface area contributed by atoms with Gasteiger partial charge in [-0.1, -0.05) is 30.3 Å². The molecule has 1 aromatic rings. The van der Waals surface area contributed by atoms with Gasteiger partial charge in [0.05, 0.1) is 5.25 Å². The van der Waals surface area contributed by atoms with Crippen molar-refractivity contribution >= 4 is 30.3 Å². The van der Waals surface area contributed by atoms with E-state index in [1.807, 2.05) is 42.1 Å². The average Bonchev–Trinajstić information content (AvgIpc) is 2.90. The minimum atomic E-state index is -0.251. The van der Waals surface area contributed by atoms with Gasteiger partial charge in [-0.2, -0.15) is 24.4 Å². The van der Waals surface area contributed by atoms with Gasteiger partial charge in [-0.05, 0) is 30.6 Å². The van der Waals surface area contributed by atoms with Crippen LogP contribution >= 0.6 is 24.4 Å². The number of thiol groups is 1. The summed E-state index contributed by atoms with van der Waals surface area (Å²) in [7, 11) is 0. The van der Waals surface area contributed by atoms with Gasteiger partial charge in [0, 0.05) is 11.8 Å². The second kappa shape index (κ2) is 7.10. The number of hydrogen-bond acceptors (Lipinski definition) is 3. The number of nitrogens with one attached hydrogen (secondary N) is 1. The van der Waals surface area contributed by atoms with Crippen molar-refractivity contribution in [2.45, 2.75) is 29.8 Å². The van der Waals surface area contributed by atoms with Gasteiger partial charge in [0.2, 0.25) is 5.91 Å². The molecule has 2 rings (SSSR count). The predicted molar refractivity (Wildman–Crippen MR) is 81.4 cm³/mol. The minimum Gasteiger partial charge on any atom is -0.354 e. The lowest BCUT2D eigenvalue weighted by molar-refractivity contribution is -0.120. The van der Waals surface area contributed by atoms with Crippen LogP contribution < -0.4 is 5.32 Å². The molecule has 1 N–H and O–H groups in total.